The summed E-state index contributed by atoms with van der Waals surface area (Å²) in [6, 6.07) is 21.3. The lowest BCUT2D eigenvalue weighted by atomic mass is 9.78. The van der Waals surface area contributed by atoms with Crippen molar-refractivity contribution < 1.29 is 19.0 Å². The third-order valence-corrected chi connectivity index (χ3v) is 6.64. The first kappa shape index (κ1) is 21.9. The Morgan fingerprint density at radius 1 is 0.794 bits per heavy atom. The molecule has 174 valence electrons. The number of fused-ring (bicyclic) bond motifs is 1. The van der Waals surface area contributed by atoms with E-state index < -0.39 is 0 Å². The van der Waals surface area contributed by atoms with Gasteiger partial charge in [0, 0.05) is 23.3 Å². The van der Waals surface area contributed by atoms with Crippen molar-refractivity contribution in [3.05, 3.63) is 89.1 Å². The number of anilines is 2. The minimum Gasteiger partial charge on any atom is -0.497 e. The maximum atomic E-state index is 13.7. The Morgan fingerprint density at radius 3 is 2.21 bits per heavy atom. The highest BCUT2D eigenvalue weighted by molar-refractivity contribution is 6.01. The monoisotopic (exact) mass is 456 g/mol. The summed E-state index contributed by atoms with van der Waals surface area (Å²) in [6.07, 6.45) is 1.17. The molecule has 1 aliphatic heterocycles. The van der Waals surface area contributed by atoms with Gasteiger partial charge in [-0.25, -0.2) is 0 Å². The van der Waals surface area contributed by atoms with Gasteiger partial charge < -0.3 is 24.8 Å². The van der Waals surface area contributed by atoms with Crippen molar-refractivity contribution in [2.75, 3.05) is 32.0 Å². The van der Waals surface area contributed by atoms with Gasteiger partial charge in [-0.05, 0) is 60.4 Å². The molecule has 5 rings (SSSR count). The predicted octanol–water partition coefficient (Wildman–Crippen LogP) is 5.69. The molecule has 2 atom stereocenters. The molecule has 0 amide bonds. The molecule has 2 aliphatic rings. The van der Waals surface area contributed by atoms with Gasteiger partial charge in [0.15, 0.2) is 5.78 Å². The van der Waals surface area contributed by atoms with Crippen LogP contribution in [0.2, 0.25) is 0 Å². The van der Waals surface area contributed by atoms with Gasteiger partial charge in [0.1, 0.15) is 17.2 Å². The van der Waals surface area contributed by atoms with E-state index in [1.807, 2.05) is 66.7 Å². The number of allylic oxidation sites excluding steroid dienone is 1. The molecule has 2 N–H and O–H groups in total. The Labute approximate surface area is 199 Å². The van der Waals surface area contributed by atoms with Crippen LogP contribution in [-0.4, -0.2) is 27.1 Å². The SMILES string of the molecule is COc1ccc([C@@H]2CC(=O)C3=C(C2)Nc2ccccc2N[C@@H]3c2cc(OC)ccc2OC)cc1. The molecule has 6 nitrogen and oxygen atoms in total. The van der Waals surface area contributed by atoms with Gasteiger partial charge in [-0.3, -0.25) is 4.79 Å². The van der Waals surface area contributed by atoms with E-state index in [4.69, 9.17) is 14.2 Å². The molecule has 6 heteroatoms. The van der Waals surface area contributed by atoms with Gasteiger partial charge >= 0.3 is 0 Å². The third kappa shape index (κ3) is 3.96. The predicted molar refractivity (Wildman–Crippen MR) is 133 cm³/mol. The van der Waals surface area contributed by atoms with Crippen molar-refractivity contribution in [1.82, 2.24) is 0 Å². The Balaban J connectivity index is 1.62. The van der Waals surface area contributed by atoms with Gasteiger partial charge in [-0.1, -0.05) is 24.3 Å². The van der Waals surface area contributed by atoms with E-state index in [1.165, 1.54) is 0 Å². The van der Waals surface area contributed by atoms with E-state index in [2.05, 4.69) is 10.6 Å². The first-order chi connectivity index (χ1) is 16.6. The lowest BCUT2D eigenvalue weighted by Gasteiger charge is -2.30. The van der Waals surface area contributed by atoms with Crippen LogP contribution in [0.15, 0.2) is 78.0 Å². The average Bonchev–Trinajstić information content (AvgIpc) is 3.05. The van der Waals surface area contributed by atoms with Gasteiger partial charge in [-0.2, -0.15) is 0 Å². The number of carbonyl (C=O) groups is 1. The number of methoxy groups -OCH3 is 3. The number of rotatable bonds is 5. The van der Waals surface area contributed by atoms with Gasteiger partial charge in [0.2, 0.25) is 0 Å². The standard InChI is InChI=1S/C28H28N2O4/c1-32-19-10-8-17(9-11-19)18-14-24-27(25(31)15-18)28(30-23-7-5-4-6-22(23)29-24)21-16-20(33-2)12-13-26(21)34-3/h4-13,16,18,28-30H,14-15H2,1-3H3/t18-,28+/m0/s1. The van der Waals surface area contributed by atoms with Crippen molar-refractivity contribution in [2.45, 2.75) is 24.8 Å². The van der Waals surface area contributed by atoms with Crippen molar-refractivity contribution in [3.63, 3.8) is 0 Å². The van der Waals surface area contributed by atoms with Gasteiger partial charge in [-0.15, -0.1) is 0 Å². The van der Waals surface area contributed by atoms with E-state index in [1.54, 1.807) is 21.3 Å². The Kier molecular flexibility index (Phi) is 5.88. The number of para-hydroxylation sites is 2. The van der Waals surface area contributed by atoms with E-state index in [9.17, 15) is 4.79 Å². The number of ether oxygens (including phenoxy) is 3. The summed E-state index contributed by atoms with van der Waals surface area (Å²) in [6.45, 7) is 0. The zero-order chi connectivity index (χ0) is 23.7. The number of nitrogens with one attached hydrogen (secondary N) is 2. The molecule has 3 aromatic rings. The van der Waals surface area contributed by atoms with Crippen LogP contribution in [0.5, 0.6) is 17.2 Å². The van der Waals surface area contributed by atoms with Crippen LogP contribution in [0.25, 0.3) is 0 Å². The van der Waals surface area contributed by atoms with E-state index in [0.717, 1.165) is 45.9 Å². The zero-order valence-corrected chi connectivity index (χ0v) is 19.6. The van der Waals surface area contributed by atoms with Crippen molar-refractivity contribution in [2.24, 2.45) is 0 Å². The van der Waals surface area contributed by atoms with E-state index in [-0.39, 0.29) is 17.7 Å². The fraction of sp³-hybridized carbons (Fsp3) is 0.250. The summed E-state index contributed by atoms with van der Waals surface area (Å²) in [7, 11) is 4.94. The van der Waals surface area contributed by atoms with Crippen LogP contribution >= 0.6 is 0 Å². The Bertz CT molecular complexity index is 1250. The number of hydrogen-bond donors (Lipinski definition) is 2. The number of carbonyl (C=O) groups excluding carboxylic acids is 1. The summed E-state index contributed by atoms with van der Waals surface area (Å²) >= 11 is 0. The topological polar surface area (TPSA) is 68.8 Å². The highest BCUT2D eigenvalue weighted by Crippen LogP contribution is 2.46. The number of Topliss-reactive ketones (excluding diaryl/α,β-unsaturated/α-hetero) is 1. The lowest BCUT2D eigenvalue weighted by Crippen LogP contribution is -2.27. The molecule has 0 bridgehead atoms. The van der Waals surface area contributed by atoms with Crippen molar-refractivity contribution in [1.29, 1.82) is 0 Å². The van der Waals surface area contributed by atoms with Crippen LogP contribution in [0.1, 0.15) is 35.9 Å². The maximum absolute atomic E-state index is 13.7. The summed E-state index contributed by atoms with van der Waals surface area (Å²) in [4.78, 5) is 13.7. The molecule has 1 heterocycles. The molecule has 34 heavy (non-hydrogen) atoms. The molecule has 0 unspecified atom stereocenters. The molecule has 0 aromatic heterocycles. The Morgan fingerprint density at radius 2 is 1.50 bits per heavy atom. The lowest BCUT2D eigenvalue weighted by molar-refractivity contribution is -0.116. The normalized spacial score (nSPS) is 19.2. The second-order valence-electron chi connectivity index (χ2n) is 8.55. The molecular formula is C28H28N2O4. The average molecular weight is 457 g/mol. The third-order valence-electron chi connectivity index (χ3n) is 6.64. The molecule has 3 aromatic carbocycles. The van der Waals surface area contributed by atoms with Crippen LogP contribution in [0.3, 0.4) is 0 Å². The number of benzene rings is 3. The minimum atomic E-state index is -0.375. The van der Waals surface area contributed by atoms with Crippen molar-refractivity contribution in [3.8, 4) is 17.2 Å². The highest BCUT2D eigenvalue weighted by Gasteiger charge is 2.37. The second kappa shape index (κ2) is 9.14. The fourth-order valence-corrected chi connectivity index (χ4v) is 4.90. The maximum Gasteiger partial charge on any atom is 0.163 e. The summed E-state index contributed by atoms with van der Waals surface area (Å²) in [5, 5.41) is 7.19. The fourth-order valence-electron chi connectivity index (χ4n) is 4.90. The molecule has 0 fully saturated rings. The smallest absolute Gasteiger partial charge is 0.163 e. The quantitative estimate of drug-likeness (QED) is 0.514. The minimum absolute atomic E-state index is 0.0859. The van der Waals surface area contributed by atoms with Gasteiger partial charge in [0.05, 0.1) is 38.7 Å². The summed E-state index contributed by atoms with van der Waals surface area (Å²) in [5.41, 5.74) is 5.55. The molecule has 1 aliphatic carbocycles. The molecule has 0 saturated carbocycles. The largest absolute Gasteiger partial charge is 0.497 e. The van der Waals surface area contributed by atoms with Crippen LogP contribution in [-0.2, 0) is 4.79 Å². The molecule has 0 saturated heterocycles. The first-order valence-electron chi connectivity index (χ1n) is 11.4. The van der Waals surface area contributed by atoms with Crippen LogP contribution in [0, 0.1) is 0 Å². The second-order valence-corrected chi connectivity index (χ2v) is 8.55. The Hall–Kier alpha value is -3.93. The van der Waals surface area contributed by atoms with Crippen LogP contribution in [0.4, 0.5) is 11.4 Å². The number of ketones is 1. The molecule has 0 spiro atoms. The van der Waals surface area contributed by atoms with Crippen molar-refractivity contribution >= 4 is 17.2 Å². The first-order valence-corrected chi connectivity index (χ1v) is 11.4. The molecule has 0 radical (unpaired) electrons. The van der Waals surface area contributed by atoms with Gasteiger partial charge in [0.25, 0.3) is 0 Å². The molecular weight excluding hydrogens is 428 g/mol. The van der Waals surface area contributed by atoms with Crippen LogP contribution < -0.4 is 24.8 Å². The number of hydrogen-bond acceptors (Lipinski definition) is 6. The summed E-state index contributed by atoms with van der Waals surface area (Å²) in [5.74, 6) is 2.42. The summed E-state index contributed by atoms with van der Waals surface area (Å²) < 4.78 is 16.5. The zero-order valence-electron chi connectivity index (χ0n) is 19.6. The van der Waals surface area contributed by atoms with E-state index in [0.29, 0.717) is 17.9 Å². The van der Waals surface area contributed by atoms with E-state index >= 15 is 0 Å². The highest BCUT2D eigenvalue weighted by atomic mass is 16.5.